The van der Waals surface area contributed by atoms with E-state index < -0.39 is 15.8 Å². The number of sulfonamides is 1. The van der Waals surface area contributed by atoms with E-state index in [1.54, 1.807) is 0 Å². The fourth-order valence-electron chi connectivity index (χ4n) is 2.74. The molecule has 0 amide bonds. The molecule has 0 bridgehead atoms. The molecule has 1 aromatic carbocycles. The third kappa shape index (κ3) is 2.54. The molecule has 2 rings (SSSR count). The summed E-state index contributed by atoms with van der Waals surface area (Å²) >= 11 is 0. The van der Waals surface area contributed by atoms with E-state index in [4.69, 9.17) is 5.73 Å². The second-order valence-electron chi connectivity index (χ2n) is 5.48. The first kappa shape index (κ1) is 15.3. The highest BCUT2D eigenvalue weighted by atomic mass is 32.2. The van der Waals surface area contributed by atoms with Crippen molar-refractivity contribution in [3.8, 4) is 0 Å². The Bertz CT molecular complexity index is 597. The minimum atomic E-state index is -3.63. The van der Waals surface area contributed by atoms with Crippen LogP contribution in [0.3, 0.4) is 0 Å². The first-order valence-corrected chi connectivity index (χ1v) is 8.34. The molecular formula is C14H21FN2O2S. The average Bonchev–Trinajstić information content (AvgIpc) is 2.87. The SMILES string of the molecule is CCC1(CC)CCN(S(=O)(=O)c2ccc(N)c(F)c2)C1. The summed E-state index contributed by atoms with van der Waals surface area (Å²) in [6.45, 7) is 5.18. The molecule has 1 fully saturated rings. The summed E-state index contributed by atoms with van der Waals surface area (Å²) in [7, 11) is -3.63. The number of benzene rings is 1. The van der Waals surface area contributed by atoms with Gasteiger partial charge in [-0.05, 0) is 42.9 Å². The highest BCUT2D eigenvalue weighted by Crippen LogP contribution is 2.39. The largest absolute Gasteiger partial charge is 0.396 e. The van der Waals surface area contributed by atoms with Crippen molar-refractivity contribution in [1.82, 2.24) is 4.31 Å². The van der Waals surface area contributed by atoms with Gasteiger partial charge in [-0.1, -0.05) is 13.8 Å². The average molecular weight is 300 g/mol. The number of nitrogens with zero attached hydrogens (tertiary/aromatic N) is 1. The van der Waals surface area contributed by atoms with E-state index in [0.717, 1.165) is 25.3 Å². The molecule has 1 aliphatic heterocycles. The van der Waals surface area contributed by atoms with Gasteiger partial charge in [-0.25, -0.2) is 12.8 Å². The van der Waals surface area contributed by atoms with Crippen LogP contribution in [0, 0.1) is 11.2 Å². The molecule has 4 nitrogen and oxygen atoms in total. The van der Waals surface area contributed by atoms with E-state index in [-0.39, 0.29) is 16.0 Å². The lowest BCUT2D eigenvalue weighted by atomic mass is 9.82. The van der Waals surface area contributed by atoms with Crippen LogP contribution < -0.4 is 5.73 Å². The summed E-state index contributed by atoms with van der Waals surface area (Å²) in [4.78, 5) is -0.0211. The summed E-state index contributed by atoms with van der Waals surface area (Å²) in [5.74, 6) is -0.692. The van der Waals surface area contributed by atoms with E-state index in [0.29, 0.717) is 13.1 Å². The van der Waals surface area contributed by atoms with E-state index in [2.05, 4.69) is 13.8 Å². The van der Waals surface area contributed by atoms with Gasteiger partial charge >= 0.3 is 0 Å². The first-order chi connectivity index (χ1) is 9.34. The summed E-state index contributed by atoms with van der Waals surface area (Å²) in [5, 5.41) is 0. The lowest BCUT2D eigenvalue weighted by molar-refractivity contribution is 0.279. The van der Waals surface area contributed by atoms with Crippen LogP contribution >= 0.6 is 0 Å². The highest BCUT2D eigenvalue weighted by Gasteiger charge is 2.40. The van der Waals surface area contributed by atoms with Crippen LogP contribution in [-0.2, 0) is 10.0 Å². The van der Waals surface area contributed by atoms with Gasteiger partial charge in [0.15, 0.2) is 0 Å². The minimum Gasteiger partial charge on any atom is -0.396 e. The van der Waals surface area contributed by atoms with Gasteiger partial charge < -0.3 is 5.73 Å². The van der Waals surface area contributed by atoms with E-state index in [1.165, 1.54) is 16.4 Å². The van der Waals surface area contributed by atoms with Crippen LogP contribution in [0.5, 0.6) is 0 Å². The Kier molecular flexibility index (Phi) is 4.07. The van der Waals surface area contributed by atoms with Crippen molar-refractivity contribution in [2.75, 3.05) is 18.8 Å². The summed E-state index contributed by atoms with van der Waals surface area (Å²) in [6.07, 6.45) is 2.76. The van der Waals surface area contributed by atoms with Gasteiger partial charge in [-0.2, -0.15) is 4.31 Å². The molecule has 0 spiro atoms. The topological polar surface area (TPSA) is 63.4 Å². The number of anilines is 1. The second-order valence-corrected chi connectivity index (χ2v) is 7.42. The number of nitrogens with two attached hydrogens (primary N) is 1. The first-order valence-electron chi connectivity index (χ1n) is 6.90. The van der Waals surface area contributed by atoms with Gasteiger partial charge in [0, 0.05) is 13.1 Å². The second kappa shape index (κ2) is 5.33. The van der Waals surface area contributed by atoms with Gasteiger partial charge in [0.05, 0.1) is 10.6 Å². The molecule has 1 saturated heterocycles. The molecule has 20 heavy (non-hydrogen) atoms. The summed E-state index contributed by atoms with van der Waals surface area (Å²) in [5.41, 5.74) is 5.40. The molecule has 0 saturated carbocycles. The lowest BCUT2D eigenvalue weighted by Crippen LogP contribution is -2.32. The van der Waals surface area contributed by atoms with E-state index >= 15 is 0 Å². The molecule has 0 unspecified atom stereocenters. The van der Waals surface area contributed by atoms with Crippen LogP contribution in [0.2, 0.25) is 0 Å². The van der Waals surface area contributed by atoms with Crippen LogP contribution in [0.4, 0.5) is 10.1 Å². The van der Waals surface area contributed by atoms with Crippen molar-refractivity contribution in [2.24, 2.45) is 5.41 Å². The quantitative estimate of drug-likeness (QED) is 0.869. The molecule has 0 atom stereocenters. The van der Waals surface area contributed by atoms with Crippen LogP contribution in [0.15, 0.2) is 23.1 Å². The fourth-order valence-corrected chi connectivity index (χ4v) is 4.31. The third-order valence-corrected chi connectivity index (χ3v) is 6.35. The number of nitrogen functional groups attached to an aromatic ring is 1. The summed E-state index contributed by atoms with van der Waals surface area (Å²) in [6, 6.07) is 3.67. The van der Waals surface area contributed by atoms with E-state index in [9.17, 15) is 12.8 Å². The van der Waals surface area contributed by atoms with Crippen molar-refractivity contribution >= 4 is 15.7 Å². The van der Waals surface area contributed by atoms with Gasteiger partial charge in [0.2, 0.25) is 10.0 Å². The molecule has 1 heterocycles. The van der Waals surface area contributed by atoms with Crippen LogP contribution in [0.25, 0.3) is 0 Å². The Balaban J connectivity index is 2.30. The van der Waals surface area contributed by atoms with E-state index in [1.807, 2.05) is 0 Å². The predicted octanol–water partition coefficient (Wildman–Crippen LogP) is 2.61. The number of halogens is 1. The zero-order valence-electron chi connectivity index (χ0n) is 11.9. The van der Waals surface area contributed by atoms with Crippen molar-refractivity contribution in [3.05, 3.63) is 24.0 Å². The smallest absolute Gasteiger partial charge is 0.243 e. The van der Waals surface area contributed by atoms with Gasteiger partial charge in [0.25, 0.3) is 0 Å². The van der Waals surface area contributed by atoms with Crippen molar-refractivity contribution in [3.63, 3.8) is 0 Å². The maximum atomic E-state index is 13.5. The number of hydrogen-bond donors (Lipinski definition) is 1. The molecular weight excluding hydrogens is 279 g/mol. The molecule has 0 aliphatic carbocycles. The van der Waals surface area contributed by atoms with Gasteiger partial charge in [-0.15, -0.1) is 0 Å². The maximum Gasteiger partial charge on any atom is 0.243 e. The maximum absolute atomic E-state index is 13.5. The number of hydrogen-bond acceptors (Lipinski definition) is 3. The lowest BCUT2D eigenvalue weighted by Gasteiger charge is -2.26. The van der Waals surface area contributed by atoms with Gasteiger partial charge in [-0.3, -0.25) is 0 Å². The Labute approximate surface area is 119 Å². The Morgan fingerprint density at radius 3 is 2.50 bits per heavy atom. The standard InChI is InChI=1S/C14H21FN2O2S/c1-3-14(4-2)7-8-17(10-14)20(18,19)11-5-6-13(16)12(15)9-11/h5-6,9H,3-4,7-8,10,16H2,1-2H3. The molecule has 0 radical (unpaired) electrons. The number of rotatable bonds is 4. The molecule has 2 N–H and O–H groups in total. The molecule has 1 aromatic rings. The Morgan fingerprint density at radius 1 is 1.35 bits per heavy atom. The van der Waals surface area contributed by atoms with Crippen molar-refractivity contribution in [1.29, 1.82) is 0 Å². The Morgan fingerprint density at radius 2 is 2.00 bits per heavy atom. The monoisotopic (exact) mass is 300 g/mol. The normalized spacial score (nSPS) is 19.4. The molecule has 0 aromatic heterocycles. The van der Waals surface area contributed by atoms with Crippen molar-refractivity contribution in [2.45, 2.75) is 38.0 Å². The third-order valence-electron chi connectivity index (χ3n) is 4.51. The van der Waals surface area contributed by atoms with Crippen LogP contribution in [0.1, 0.15) is 33.1 Å². The summed E-state index contributed by atoms with van der Waals surface area (Å²) < 4.78 is 40.0. The zero-order valence-corrected chi connectivity index (χ0v) is 12.7. The van der Waals surface area contributed by atoms with Crippen LogP contribution in [-0.4, -0.2) is 25.8 Å². The van der Waals surface area contributed by atoms with Gasteiger partial charge in [0.1, 0.15) is 5.82 Å². The zero-order chi connectivity index (χ0) is 15.0. The predicted molar refractivity (Wildman–Crippen MR) is 77.2 cm³/mol. The highest BCUT2D eigenvalue weighted by molar-refractivity contribution is 7.89. The fraction of sp³-hybridized carbons (Fsp3) is 0.571. The Hall–Kier alpha value is -1.14. The minimum absolute atomic E-state index is 0.0211. The molecule has 112 valence electrons. The molecule has 6 heteroatoms. The molecule has 1 aliphatic rings. The van der Waals surface area contributed by atoms with Crippen molar-refractivity contribution < 1.29 is 12.8 Å².